The summed E-state index contributed by atoms with van der Waals surface area (Å²) in [5, 5.41) is 4.49. The smallest absolute Gasteiger partial charge is 0.252 e. The van der Waals surface area contributed by atoms with Gasteiger partial charge in [0.25, 0.3) is 5.91 Å². The van der Waals surface area contributed by atoms with Crippen molar-refractivity contribution in [3.8, 4) is 0 Å². The van der Waals surface area contributed by atoms with Gasteiger partial charge in [0, 0.05) is 34.0 Å². The molecular formula is C20H20N2OS. The molecule has 0 fully saturated rings. The minimum Gasteiger partial charge on any atom is -0.358 e. The highest BCUT2D eigenvalue weighted by Gasteiger charge is 2.24. The first-order valence-corrected chi connectivity index (χ1v) is 8.75. The molecule has 1 unspecified atom stereocenters. The largest absolute Gasteiger partial charge is 0.358 e. The molecule has 0 aliphatic heterocycles. The Morgan fingerprint density at radius 2 is 2.08 bits per heavy atom. The van der Waals surface area contributed by atoms with Gasteiger partial charge in [-0.1, -0.05) is 23.8 Å². The zero-order chi connectivity index (χ0) is 16.7. The van der Waals surface area contributed by atoms with E-state index in [0.717, 1.165) is 19.3 Å². The van der Waals surface area contributed by atoms with Crippen molar-refractivity contribution in [2.45, 2.75) is 37.1 Å². The van der Waals surface area contributed by atoms with Crippen LogP contribution >= 0.6 is 12.6 Å². The maximum atomic E-state index is 12.5. The standard InChI is InChI=1S/C20H20N2OS/c1-12-6-9-17-16(10-12)14-8-7-13(11-18(14)22-17)21-20(23)15-4-2-3-5-19(15)24/h2-6,9-10,13,22,24H,7-8,11H2,1H3,(H,21,23). The summed E-state index contributed by atoms with van der Waals surface area (Å²) in [6.45, 7) is 2.12. The predicted octanol–water partition coefficient (Wildman–Crippen LogP) is 4.05. The number of benzene rings is 2. The molecule has 1 atom stereocenters. The molecule has 1 aliphatic rings. The summed E-state index contributed by atoms with van der Waals surface area (Å²) in [6.07, 6.45) is 2.81. The van der Waals surface area contributed by atoms with Crippen molar-refractivity contribution in [1.82, 2.24) is 10.3 Å². The number of amides is 1. The average molecular weight is 336 g/mol. The third-order valence-corrected chi connectivity index (χ3v) is 5.22. The van der Waals surface area contributed by atoms with Crippen LogP contribution in [0, 0.1) is 6.92 Å². The highest BCUT2D eigenvalue weighted by molar-refractivity contribution is 7.80. The number of H-pyrrole nitrogens is 1. The Kier molecular flexibility index (Phi) is 3.85. The average Bonchev–Trinajstić information content (AvgIpc) is 2.92. The lowest BCUT2D eigenvalue weighted by atomic mass is 9.91. The van der Waals surface area contributed by atoms with E-state index in [4.69, 9.17) is 0 Å². The van der Waals surface area contributed by atoms with E-state index in [1.807, 2.05) is 24.3 Å². The molecule has 1 amide bonds. The second-order valence-corrected chi connectivity index (χ2v) is 7.04. The maximum absolute atomic E-state index is 12.5. The van der Waals surface area contributed by atoms with Gasteiger partial charge in [0.1, 0.15) is 0 Å². The van der Waals surface area contributed by atoms with Gasteiger partial charge in [-0.3, -0.25) is 4.79 Å². The van der Waals surface area contributed by atoms with Gasteiger partial charge in [-0.15, -0.1) is 12.6 Å². The van der Waals surface area contributed by atoms with E-state index in [1.54, 1.807) is 0 Å². The number of carbonyl (C=O) groups excluding carboxylic acids is 1. The third-order valence-electron chi connectivity index (χ3n) is 4.83. The molecule has 3 aromatic rings. The Hall–Kier alpha value is -2.20. The molecule has 0 spiro atoms. The van der Waals surface area contributed by atoms with Gasteiger partial charge in [-0.2, -0.15) is 0 Å². The van der Waals surface area contributed by atoms with Crippen molar-refractivity contribution < 1.29 is 4.79 Å². The summed E-state index contributed by atoms with van der Waals surface area (Å²) in [5.41, 5.74) is 5.78. The van der Waals surface area contributed by atoms with Gasteiger partial charge in [0.05, 0.1) is 5.56 Å². The van der Waals surface area contributed by atoms with Crippen LogP contribution in [0.25, 0.3) is 10.9 Å². The lowest BCUT2D eigenvalue weighted by molar-refractivity contribution is 0.0930. The number of nitrogens with one attached hydrogen (secondary N) is 2. The van der Waals surface area contributed by atoms with Crippen LogP contribution in [0.5, 0.6) is 0 Å². The molecule has 1 heterocycles. The molecule has 24 heavy (non-hydrogen) atoms. The second kappa shape index (κ2) is 6.02. The second-order valence-electron chi connectivity index (χ2n) is 6.56. The summed E-state index contributed by atoms with van der Waals surface area (Å²) in [6, 6.07) is 14.1. The molecule has 2 N–H and O–H groups in total. The number of rotatable bonds is 2. The number of fused-ring (bicyclic) bond motifs is 3. The molecule has 4 heteroatoms. The normalized spacial score (nSPS) is 16.8. The first kappa shape index (κ1) is 15.3. The Morgan fingerprint density at radius 3 is 2.92 bits per heavy atom. The minimum absolute atomic E-state index is 0.0407. The van der Waals surface area contributed by atoms with Crippen LogP contribution in [0.2, 0.25) is 0 Å². The van der Waals surface area contributed by atoms with Crippen molar-refractivity contribution >= 4 is 29.4 Å². The molecule has 0 radical (unpaired) electrons. The van der Waals surface area contributed by atoms with E-state index in [-0.39, 0.29) is 11.9 Å². The zero-order valence-electron chi connectivity index (χ0n) is 13.6. The fourth-order valence-electron chi connectivity index (χ4n) is 3.60. The van der Waals surface area contributed by atoms with Crippen molar-refractivity contribution in [1.29, 1.82) is 0 Å². The van der Waals surface area contributed by atoms with E-state index in [1.165, 1.54) is 27.7 Å². The van der Waals surface area contributed by atoms with Crippen LogP contribution in [0.1, 0.15) is 33.6 Å². The van der Waals surface area contributed by atoms with Crippen LogP contribution in [-0.4, -0.2) is 16.9 Å². The Bertz CT molecular complexity index is 929. The molecule has 122 valence electrons. The van der Waals surface area contributed by atoms with Gasteiger partial charge in [-0.25, -0.2) is 0 Å². The molecule has 0 saturated heterocycles. The molecule has 1 aliphatic carbocycles. The van der Waals surface area contributed by atoms with E-state index in [2.05, 4.69) is 48.1 Å². The molecule has 3 nitrogen and oxygen atoms in total. The van der Waals surface area contributed by atoms with E-state index < -0.39 is 0 Å². The van der Waals surface area contributed by atoms with Crippen molar-refractivity contribution in [3.05, 3.63) is 64.8 Å². The molecule has 0 bridgehead atoms. The summed E-state index contributed by atoms with van der Waals surface area (Å²) in [5.74, 6) is -0.0407. The molecule has 1 aromatic heterocycles. The quantitative estimate of drug-likeness (QED) is 0.607. The number of aromatic amines is 1. The summed E-state index contributed by atoms with van der Waals surface area (Å²) in [4.78, 5) is 16.7. The monoisotopic (exact) mass is 336 g/mol. The van der Waals surface area contributed by atoms with Crippen LogP contribution in [-0.2, 0) is 12.8 Å². The number of thiol groups is 1. The fraction of sp³-hybridized carbons (Fsp3) is 0.250. The van der Waals surface area contributed by atoms with Crippen LogP contribution in [0.4, 0.5) is 0 Å². The van der Waals surface area contributed by atoms with Crippen molar-refractivity contribution in [3.63, 3.8) is 0 Å². The van der Waals surface area contributed by atoms with E-state index in [0.29, 0.717) is 10.5 Å². The SMILES string of the molecule is Cc1ccc2[nH]c3c(c2c1)CCC(NC(=O)c1ccccc1S)C3. The number of hydrogen-bond acceptors (Lipinski definition) is 2. The summed E-state index contributed by atoms with van der Waals surface area (Å²) >= 11 is 4.38. The van der Waals surface area contributed by atoms with E-state index >= 15 is 0 Å². The minimum atomic E-state index is -0.0407. The fourth-order valence-corrected chi connectivity index (χ4v) is 3.86. The Balaban J connectivity index is 1.55. The maximum Gasteiger partial charge on any atom is 0.252 e. The predicted molar refractivity (Wildman–Crippen MR) is 100 cm³/mol. The highest BCUT2D eigenvalue weighted by atomic mass is 32.1. The third kappa shape index (κ3) is 2.71. The molecule has 0 saturated carbocycles. The molecule has 4 rings (SSSR count). The van der Waals surface area contributed by atoms with Gasteiger partial charge >= 0.3 is 0 Å². The lowest BCUT2D eigenvalue weighted by Gasteiger charge is -2.23. The van der Waals surface area contributed by atoms with Gasteiger partial charge < -0.3 is 10.3 Å². The summed E-state index contributed by atoms with van der Waals surface area (Å²) in [7, 11) is 0. The highest BCUT2D eigenvalue weighted by Crippen LogP contribution is 2.30. The molecular weight excluding hydrogens is 316 g/mol. The van der Waals surface area contributed by atoms with Crippen molar-refractivity contribution in [2.75, 3.05) is 0 Å². The Labute approximate surface area is 146 Å². The molecule has 2 aromatic carbocycles. The van der Waals surface area contributed by atoms with Crippen LogP contribution < -0.4 is 5.32 Å². The number of aryl methyl sites for hydroxylation is 2. The van der Waals surface area contributed by atoms with E-state index in [9.17, 15) is 4.79 Å². The van der Waals surface area contributed by atoms with Gasteiger partial charge in [-0.05, 0) is 49.6 Å². The lowest BCUT2D eigenvalue weighted by Crippen LogP contribution is -2.39. The van der Waals surface area contributed by atoms with Crippen LogP contribution in [0.15, 0.2) is 47.4 Å². The van der Waals surface area contributed by atoms with Crippen molar-refractivity contribution in [2.24, 2.45) is 0 Å². The Morgan fingerprint density at radius 1 is 1.25 bits per heavy atom. The number of hydrogen-bond donors (Lipinski definition) is 3. The zero-order valence-corrected chi connectivity index (χ0v) is 14.5. The van der Waals surface area contributed by atoms with Crippen LogP contribution in [0.3, 0.4) is 0 Å². The number of carbonyl (C=O) groups is 1. The summed E-state index contributed by atoms with van der Waals surface area (Å²) < 4.78 is 0. The first-order chi connectivity index (χ1) is 11.6. The first-order valence-electron chi connectivity index (χ1n) is 8.31. The number of aromatic nitrogens is 1. The topological polar surface area (TPSA) is 44.9 Å². The van der Waals surface area contributed by atoms with Gasteiger partial charge in [0.15, 0.2) is 0 Å². The van der Waals surface area contributed by atoms with Gasteiger partial charge in [0.2, 0.25) is 0 Å².